The van der Waals surface area contributed by atoms with E-state index in [-0.39, 0.29) is 0 Å². The highest BCUT2D eigenvalue weighted by Crippen LogP contribution is 2.16. The van der Waals surface area contributed by atoms with Crippen molar-refractivity contribution in [1.82, 2.24) is 25.3 Å². The van der Waals surface area contributed by atoms with E-state index in [2.05, 4.69) is 32.2 Å². The second kappa shape index (κ2) is 5.84. The number of hydrogen-bond donors (Lipinski definition) is 1. The van der Waals surface area contributed by atoms with Crippen molar-refractivity contribution in [3.05, 3.63) is 35.0 Å². The molecule has 100 valence electrons. The van der Waals surface area contributed by atoms with Crippen LogP contribution < -0.4 is 5.32 Å². The molecule has 0 atom stereocenters. The number of nitrogens with one attached hydrogen (secondary N) is 1. The lowest BCUT2D eigenvalue weighted by Gasteiger charge is -2.11. The Hall–Kier alpha value is -1.88. The molecule has 5 nitrogen and oxygen atoms in total. The van der Waals surface area contributed by atoms with Crippen LogP contribution in [-0.4, -0.2) is 26.5 Å². The van der Waals surface area contributed by atoms with Crippen LogP contribution in [0.25, 0.3) is 11.5 Å². The summed E-state index contributed by atoms with van der Waals surface area (Å²) < 4.78 is 0. The summed E-state index contributed by atoms with van der Waals surface area (Å²) in [6.45, 7) is 9.72. The minimum atomic E-state index is 0.667. The van der Waals surface area contributed by atoms with Crippen LogP contribution in [0.3, 0.4) is 0 Å². The summed E-state index contributed by atoms with van der Waals surface area (Å²) in [5.41, 5.74) is 3.93. The molecule has 2 aromatic rings. The zero-order chi connectivity index (χ0) is 13.8. The Balaban J connectivity index is 2.39. The molecule has 1 N–H and O–H groups in total. The van der Waals surface area contributed by atoms with Crippen LogP contribution in [0.4, 0.5) is 0 Å². The van der Waals surface area contributed by atoms with Crippen LogP contribution >= 0.6 is 0 Å². The van der Waals surface area contributed by atoms with Gasteiger partial charge in [-0.25, -0.2) is 19.9 Å². The lowest BCUT2D eigenvalue weighted by atomic mass is 10.1. The standard InChI is InChI=1S/C14H19N5/c1-5-15-8-12-9(2)17-14(18-10(12)3)13-6-7-16-11(4)19-13/h6-7,15H,5,8H2,1-4H3. The molecule has 0 aromatic carbocycles. The quantitative estimate of drug-likeness (QED) is 0.907. The van der Waals surface area contributed by atoms with Gasteiger partial charge in [0.2, 0.25) is 0 Å². The van der Waals surface area contributed by atoms with Crippen LogP contribution in [-0.2, 0) is 6.54 Å². The summed E-state index contributed by atoms with van der Waals surface area (Å²) >= 11 is 0. The summed E-state index contributed by atoms with van der Waals surface area (Å²) in [7, 11) is 0. The average Bonchev–Trinajstić information content (AvgIpc) is 2.37. The van der Waals surface area contributed by atoms with Gasteiger partial charge in [0.15, 0.2) is 5.82 Å². The molecular weight excluding hydrogens is 238 g/mol. The van der Waals surface area contributed by atoms with Gasteiger partial charge < -0.3 is 5.32 Å². The monoisotopic (exact) mass is 257 g/mol. The van der Waals surface area contributed by atoms with E-state index in [1.54, 1.807) is 6.20 Å². The maximum Gasteiger partial charge on any atom is 0.178 e. The first kappa shape index (κ1) is 13.5. The van der Waals surface area contributed by atoms with Crippen LogP contribution in [0.15, 0.2) is 12.3 Å². The zero-order valence-corrected chi connectivity index (χ0v) is 11.9. The lowest BCUT2D eigenvalue weighted by molar-refractivity contribution is 0.711. The van der Waals surface area contributed by atoms with E-state index in [1.165, 1.54) is 0 Å². The second-order valence-electron chi connectivity index (χ2n) is 4.47. The fourth-order valence-electron chi connectivity index (χ4n) is 1.94. The molecule has 0 aliphatic carbocycles. The minimum Gasteiger partial charge on any atom is -0.313 e. The Bertz CT molecular complexity index is 557. The topological polar surface area (TPSA) is 63.6 Å². The molecule has 0 fully saturated rings. The molecule has 5 heteroatoms. The fourth-order valence-corrected chi connectivity index (χ4v) is 1.94. The third-order valence-corrected chi connectivity index (χ3v) is 2.98. The summed E-state index contributed by atoms with van der Waals surface area (Å²) in [5, 5.41) is 3.31. The second-order valence-corrected chi connectivity index (χ2v) is 4.47. The highest BCUT2D eigenvalue weighted by Gasteiger charge is 2.10. The van der Waals surface area contributed by atoms with Gasteiger partial charge in [-0.1, -0.05) is 6.92 Å². The van der Waals surface area contributed by atoms with Crippen molar-refractivity contribution < 1.29 is 0 Å². The van der Waals surface area contributed by atoms with Crippen LogP contribution in [0.2, 0.25) is 0 Å². The summed E-state index contributed by atoms with van der Waals surface area (Å²) in [6, 6.07) is 1.84. The summed E-state index contributed by atoms with van der Waals surface area (Å²) in [6.07, 6.45) is 1.73. The van der Waals surface area contributed by atoms with E-state index in [0.29, 0.717) is 5.82 Å². The molecule has 2 rings (SSSR count). The third kappa shape index (κ3) is 3.12. The average molecular weight is 257 g/mol. The van der Waals surface area contributed by atoms with Gasteiger partial charge >= 0.3 is 0 Å². The SMILES string of the molecule is CCNCc1c(C)nc(-c2ccnc(C)n2)nc1C. The van der Waals surface area contributed by atoms with Gasteiger partial charge in [-0.15, -0.1) is 0 Å². The summed E-state index contributed by atoms with van der Waals surface area (Å²) in [5.74, 6) is 1.40. The Morgan fingerprint density at radius 1 is 1.05 bits per heavy atom. The summed E-state index contributed by atoms with van der Waals surface area (Å²) in [4.78, 5) is 17.6. The van der Waals surface area contributed by atoms with Gasteiger partial charge in [0.1, 0.15) is 11.5 Å². The molecule has 0 spiro atoms. The van der Waals surface area contributed by atoms with Crippen LogP contribution in [0, 0.1) is 20.8 Å². The van der Waals surface area contributed by atoms with Gasteiger partial charge in [0.05, 0.1) is 0 Å². The normalized spacial score (nSPS) is 10.7. The van der Waals surface area contributed by atoms with Gasteiger partial charge in [0.25, 0.3) is 0 Å². The Kier molecular flexibility index (Phi) is 4.16. The van der Waals surface area contributed by atoms with Crippen molar-refractivity contribution in [2.45, 2.75) is 34.2 Å². The molecule has 0 saturated heterocycles. The highest BCUT2D eigenvalue weighted by molar-refractivity contribution is 5.49. The Morgan fingerprint density at radius 3 is 2.32 bits per heavy atom. The van der Waals surface area contributed by atoms with E-state index in [4.69, 9.17) is 0 Å². The number of rotatable bonds is 4. The highest BCUT2D eigenvalue weighted by atomic mass is 15.0. The van der Waals surface area contributed by atoms with Gasteiger partial charge in [-0.05, 0) is 33.4 Å². The maximum atomic E-state index is 4.56. The van der Waals surface area contributed by atoms with Crippen molar-refractivity contribution in [2.75, 3.05) is 6.54 Å². The first-order valence-electron chi connectivity index (χ1n) is 6.46. The van der Waals surface area contributed by atoms with Crippen molar-refractivity contribution >= 4 is 0 Å². The first-order chi connectivity index (χ1) is 9.11. The Labute approximate surface area is 113 Å². The molecule has 0 bridgehead atoms. The van der Waals surface area contributed by atoms with Crippen LogP contribution in [0.5, 0.6) is 0 Å². The fraction of sp³-hybridized carbons (Fsp3) is 0.429. The number of aryl methyl sites for hydroxylation is 3. The molecule has 0 saturated carbocycles. The molecule has 0 aliphatic heterocycles. The van der Waals surface area contributed by atoms with Crippen molar-refractivity contribution in [3.8, 4) is 11.5 Å². The molecule has 19 heavy (non-hydrogen) atoms. The third-order valence-electron chi connectivity index (χ3n) is 2.98. The van der Waals surface area contributed by atoms with Gasteiger partial charge in [0, 0.05) is 29.7 Å². The minimum absolute atomic E-state index is 0.667. The van der Waals surface area contributed by atoms with Crippen molar-refractivity contribution in [3.63, 3.8) is 0 Å². The molecule has 0 unspecified atom stereocenters. The van der Waals surface area contributed by atoms with E-state index < -0.39 is 0 Å². The predicted octanol–water partition coefficient (Wildman–Crippen LogP) is 1.97. The molecular formula is C14H19N5. The van der Waals surface area contributed by atoms with E-state index in [1.807, 2.05) is 26.8 Å². The molecule has 0 radical (unpaired) electrons. The van der Waals surface area contributed by atoms with E-state index >= 15 is 0 Å². The van der Waals surface area contributed by atoms with E-state index in [0.717, 1.165) is 41.6 Å². The first-order valence-corrected chi connectivity index (χ1v) is 6.46. The molecule has 2 heterocycles. The van der Waals surface area contributed by atoms with Gasteiger partial charge in [-0.3, -0.25) is 0 Å². The molecule has 0 amide bonds. The number of hydrogen-bond acceptors (Lipinski definition) is 5. The molecule has 0 aliphatic rings. The molecule has 2 aromatic heterocycles. The number of nitrogens with zero attached hydrogens (tertiary/aromatic N) is 4. The largest absolute Gasteiger partial charge is 0.313 e. The number of aromatic nitrogens is 4. The smallest absolute Gasteiger partial charge is 0.178 e. The van der Waals surface area contributed by atoms with Crippen molar-refractivity contribution in [2.24, 2.45) is 0 Å². The zero-order valence-electron chi connectivity index (χ0n) is 11.9. The predicted molar refractivity (Wildman–Crippen MR) is 74.6 cm³/mol. The van der Waals surface area contributed by atoms with E-state index in [9.17, 15) is 0 Å². The lowest BCUT2D eigenvalue weighted by Crippen LogP contribution is -2.15. The van der Waals surface area contributed by atoms with Crippen LogP contribution in [0.1, 0.15) is 29.7 Å². The maximum absolute atomic E-state index is 4.56. The van der Waals surface area contributed by atoms with Crippen molar-refractivity contribution in [1.29, 1.82) is 0 Å². The van der Waals surface area contributed by atoms with Gasteiger partial charge in [-0.2, -0.15) is 0 Å². The Morgan fingerprint density at radius 2 is 1.74 bits per heavy atom.